The van der Waals surface area contributed by atoms with Crippen molar-refractivity contribution in [1.29, 1.82) is 0 Å². The van der Waals surface area contributed by atoms with Gasteiger partial charge in [-0.1, -0.05) is 46.6 Å². The molecule has 0 atom stereocenters. The van der Waals surface area contributed by atoms with Crippen LogP contribution < -0.4 is 5.73 Å². The lowest BCUT2D eigenvalue weighted by Crippen LogP contribution is -1.90. The average molecular weight is 319 g/mol. The molecular weight excluding hydrogens is 307 g/mol. The van der Waals surface area contributed by atoms with Gasteiger partial charge in [0.25, 0.3) is 0 Å². The zero-order chi connectivity index (χ0) is 15.0. The van der Waals surface area contributed by atoms with E-state index in [1.54, 1.807) is 6.07 Å². The van der Waals surface area contributed by atoms with Crippen LogP contribution in [0.4, 0.5) is 5.82 Å². The molecular formula is C16H12Cl2N2O. The first-order valence-electron chi connectivity index (χ1n) is 6.34. The van der Waals surface area contributed by atoms with Crippen LogP contribution in [0.15, 0.2) is 47.0 Å². The summed E-state index contributed by atoms with van der Waals surface area (Å²) in [4.78, 5) is 0. The quantitative estimate of drug-likeness (QED) is 0.706. The summed E-state index contributed by atoms with van der Waals surface area (Å²) in [5.74, 6) is 0.905. The monoisotopic (exact) mass is 318 g/mol. The van der Waals surface area contributed by atoms with Crippen LogP contribution in [0.3, 0.4) is 0 Å². The molecule has 1 heterocycles. The van der Waals surface area contributed by atoms with Crippen LogP contribution in [0.5, 0.6) is 0 Å². The molecule has 0 aliphatic rings. The molecule has 0 aliphatic carbocycles. The fourth-order valence-electron chi connectivity index (χ4n) is 2.29. The summed E-state index contributed by atoms with van der Waals surface area (Å²) in [5.41, 5.74) is 9.33. The van der Waals surface area contributed by atoms with Crippen LogP contribution in [-0.2, 0) is 0 Å². The highest BCUT2D eigenvalue weighted by Gasteiger charge is 2.20. The van der Waals surface area contributed by atoms with Gasteiger partial charge in [-0.15, -0.1) is 0 Å². The SMILES string of the molecule is Cc1cc(Cl)ccc1-c1onc(N)c1-c1ccccc1Cl. The molecule has 3 aromatic rings. The van der Waals surface area contributed by atoms with E-state index in [9.17, 15) is 0 Å². The Hall–Kier alpha value is -1.97. The van der Waals surface area contributed by atoms with Gasteiger partial charge in [-0.2, -0.15) is 0 Å². The van der Waals surface area contributed by atoms with Crippen molar-refractivity contribution in [2.24, 2.45) is 0 Å². The van der Waals surface area contributed by atoms with Crippen molar-refractivity contribution in [3.8, 4) is 22.5 Å². The predicted octanol–water partition coefficient (Wildman–Crippen LogP) is 5.21. The molecule has 0 fully saturated rings. The molecule has 1 aromatic heterocycles. The smallest absolute Gasteiger partial charge is 0.177 e. The van der Waals surface area contributed by atoms with Crippen molar-refractivity contribution in [3.63, 3.8) is 0 Å². The Balaban J connectivity index is 2.25. The topological polar surface area (TPSA) is 52.0 Å². The number of hydrogen-bond donors (Lipinski definition) is 1. The molecule has 0 spiro atoms. The third-order valence-electron chi connectivity index (χ3n) is 3.29. The third kappa shape index (κ3) is 2.50. The molecule has 0 saturated heterocycles. The summed E-state index contributed by atoms with van der Waals surface area (Å²) in [6, 6.07) is 13.0. The van der Waals surface area contributed by atoms with Crippen molar-refractivity contribution < 1.29 is 4.52 Å². The predicted molar refractivity (Wildman–Crippen MR) is 86.5 cm³/mol. The number of hydrogen-bond acceptors (Lipinski definition) is 3. The fraction of sp³-hybridized carbons (Fsp3) is 0.0625. The molecule has 0 amide bonds. The van der Waals surface area contributed by atoms with Gasteiger partial charge in [0.05, 0.1) is 5.56 Å². The minimum Gasteiger partial charge on any atom is -0.380 e. The number of nitrogens with two attached hydrogens (primary N) is 1. The first kappa shape index (κ1) is 14.0. The summed E-state index contributed by atoms with van der Waals surface area (Å²) in [5, 5.41) is 5.15. The number of aromatic nitrogens is 1. The van der Waals surface area contributed by atoms with Crippen LogP contribution in [-0.4, -0.2) is 5.16 Å². The molecule has 2 N–H and O–H groups in total. The van der Waals surface area contributed by atoms with Crippen molar-refractivity contribution >= 4 is 29.0 Å². The molecule has 106 valence electrons. The largest absolute Gasteiger partial charge is 0.380 e. The maximum atomic E-state index is 6.27. The Bertz CT molecular complexity index is 812. The maximum Gasteiger partial charge on any atom is 0.177 e. The number of benzene rings is 2. The highest BCUT2D eigenvalue weighted by molar-refractivity contribution is 6.33. The zero-order valence-electron chi connectivity index (χ0n) is 11.2. The molecule has 0 bridgehead atoms. The van der Waals surface area contributed by atoms with Gasteiger partial charge in [-0.25, -0.2) is 0 Å². The van der Waals surface area contributed by atoms with Crippen LogP contribution in [0.1, 0.15) is 5.56 Å². The molecule has 0 radical (unpaired) electrons. The van der Waals surface area contributed by atoms with E-state index in [0.29, 0.717) is 27.2 Å². The van der Waals surface area contributed by atoms with Crippen molar-refractivity contribution in [1.82, 2.24) is 5.16 Å². The molecule has 2 aromatic carbocycles. The molecule has 0 aliphatic heterocycles. The molecule has 5 heteroatoms. The Labute approximate surface area is 132 Å². The Morgan fingerprint density at radius 2 is 1.81 bits per heavy atom. The van der Waals surface area contributed by atoms with Crippen LogP contribution in [0.2, 0.25) is 10.0 Å². The highest BCUT2D eigenvalue weighted by atomic mass is 35.5. The van der Waals surface area contributed by atoms with Gasteiger partial charge in [0.1, 0.15) is 0 Å². The fourth-order valence-corrected chi connectivity index (χ4v) is 2.75. The van der Waals surface area contributed by atoms with Crippen molar-refractivity contribution in [2.75, 3.05) is 5.73 Å². The molecule has 3 nitrogen and oxygen atoms in total. The van der Waals surface area contributed by atoms with Crippen molar-refractivity contribution in [2.45, 2.75) is 6.92 Å². The highest BCUT2D eigenvalue weighted by Crippen LogP contribution is 2.41. The van der Waals surface area contributed by atoms with Crippen molar-refractivity contribution in [3.05, 3.63) is 58.1 Å². The molecule has 3 rings (SSSR count). The van der Waals surface area contributed by atoms with E-state index < -0.39 is 0 Å². The number of aryl methyl sites for hydroxylation is 1. The van der Waals surface area contributed by atoms with E-state index in [1.165, 1.54) is 0 Å². The van der Waals surface area contributed by atoms with E-state index >= 15 is 0 Å². The van der Waals surface area contributed by atoms with Crippen LogP contribution in [0, 0.1) is 6.92 Å². The average Bonchev–Trinajstić information content (AvgIpc) is 2.81. The van der Waals surface area contributed by atoms with Gasteiger partial charge in [0, 0.05) is 21.2 Å². The first-order chi connectivity index (χ1) is 10.1. The van der Waals surface area contributed by atoms with Gasteiger partial charge < -0.3 is 10.3 Å². The van der Waals surface area contributed by atoms with Gasteiger partial charge in [-0.05, 0) is 36.8 Å². The van der Waals surface area contributed by atoms with E-state index in [1.807, 2.05) is 43.3 Å². The second-order valence-corrected chi connectivity index (χ2v) is 5.55. The van der Waals surface area contributed by atoms with Gasteiger partial charge in [0.15, 0.2) is 11.6 Å². The van der Waals surface area contributed by atoms with Gasteiger partial charge in [-0.3, -0.25) is 0 Å². The maximum absolute atomic E-state index is 6.27. The zero-order valence-corrected chi connectivity index (χ0v) is 12.7. The van der Waals surface area contributed by atoms with E-state index in [4.69, 9.17) is 33.5 Å². The summed E-state index contributed by atoms with van der Waals surface area (Å²) < 4.78 is 5.43. The molecule has 21 heavy (non-hydrogen) atoms. The van der Waals surface area contributed by atoms with Crippen LogP contribution >= 0.6 is 23.2 Å². The van der Waals surface area contributed by atoms with Gasteiger partial charge in [0.2, 0.25) is 0 Å². The molecule has 0 unspecified atom stereocenters. The van der Waals surface area contributed by atoms with E-state index in [0.717, 1.165) is 16.7 Å². The van der Waals surface area contributed by atoms with Crippen LogP contribution in [0.25, 0.3) is 22.5 Å². The Morgan fingerprint density at radius 1 is 1.05 bits per heavy atom. The summed E-state index contributed by atoms with van der Waals surface area (Å²) >= 11 is 12.3. The summed E-state index contributed by atoms with van der Waals surface area (Å²) in [6.07, 6.45) is 0. The summed E-state index contributed by atoms with van der Waals surface area (Å²) in [6.45, 7) is 1.95. The summed E-state index contributed by atoms with van der Waals surface area (Å²) in [7, 11) is 0. The lowest BCUT2D eigenvalue weighted by atomic mass is 9.98. The lowest BCUT2D eigenvalue weighted by molar-refractivity contribution is 0.436. The van der Waals surface area contributed by atoms with Gasteiger partial charge >= 0.3 is 0 Å². The normalized spacial score (nSPS) is 10.8. The third-order valence-corrected chi connectivity index (χ3v) is 3.86. The second-order valence-electron chi connectivity index (χ2n) is 4.71. The Kier molecular flexibility index (Phi) is 3.62. The Morgan fingerprint density at radius 3 is 2.52 bits per heavy atom. The number of rotatable bonds is 2. The number of nitrogens with zero attached hydrogens (tertiary/aromatic N) is 1. The first-order valence-corrected chi connectivity index (χ1v) is 7.10. The lowest BCUT2D eigenvalue weighted by Gasteiger charge is -2.07. The number of nitrogen functional groups attached to an aromatic ring is 1. The minimum atomic E-state index is 0.312. The minimum absolute atomic E-state index is 0.312. The van der Waals surface area contributed by atoms with E-state index in [2.05, 4.69) is 5.16 Å². The standard InChI is InChI=1S/C16H12Cl2N2O/c1-9-8-10(17)6-7-11(9)15-14(16(19)20-21-15)12-4-2-3-5-13(12)18/h2-8H,1H3,(H2,19,20). The molecule has 0 saturated carbocycles. The number of halogens is 2. The van der Waals surface area contributed by atoms with E-state index in [-0.39, 0.29) is 0 Å². The number of anilines is 1. The second kappa shape index (κ2) is 5.43.